The zero-order valence-electron chi connectivity index (χ0n) is 14.0. The van der Waals surface area contributed by atoms with Crippen LogP contribution in [0.25, 0.3) is 10.2 Å². The third kappa shape index (κ3) is 4.64. The molecule has 0 aliphatic carbocycles. The fraction of sp³-hybridized carbons (Fsp3) is 0.222. The summed E-state index contributed by atoms with van der Waals surface area (Å²) in [6, 6.07) is 13.1. The molecule has 5 nitrogen and oxygen atoms in total. The zero-order valence-corrected chi connectivity index (χ0v) is 15.6. The van der Waals surface area contributed by atoms with Gasteiger partial charge in [0.25, 0.3) is 0 Å². The van der Waals surface area contributed by atoms with Gasteiger partial charge in [0, 0.05) is 5.69 Å². The molecule has 3 aromatic rings. The average molecular weight is 374 g/mol. The Morgan fingerprint density at radius 1 is 1.32 bits per heavy atom. The van der Waals surface area contributed by atoms with Crippen molar-refractivity contribution in [3.8, 4) is 5.75 Å². The Labute approximate surface area is 154 Å². The summed E-state index contributed by atoms with van der Waals surface area (Å²) in [5, 5.41) is 2.90. The summed E-state index contributed by atoms with van der Waals surface area (Å²) in [5.41, 5.74) is 8.08. The first-order chi connectivity index (χ1) is 12.0. The Balaban J connectivity index is 1.62. The average Bonchev–Trinajstić information content (AvgIpc) is 2.96. The molecule has 0 fully saturated rings. The van der Waals surface area contributed by atoms with Crippen LogP contribution < -0.4 is 15.8 Å². The minimum Gasteiger partial charge on any atom is -0.489 e. The number of nitrogens with one attached hydrogen (secondary N) is 1. The van der Waals surface area contributed by atoms with E-state index in [0.29, 0.717) is 17.1 Å². The van der Waals surface area contributed by atoms with E-state index < -0.39 is 0 Å². The van der Waals surface area contributed by atoms with Crippen LogP contribution in [-0.4, -0.2) is 22.7 Å². The van der Waals surface area contributed by atoms with Crippen LogP contribution in [0.2, 0.25) is 0 Å². The summed E-state index contributed by atoms with van der Waals surface area (Å²) in [4.78, 5) is 16.8. The van der Waals surface area contributed by atoms with E-state index in [-0.39, 0.29) is 17.8 Å². The number of carbonyl (C=O) groups is 1. The van der Waals surface area contributed by atoms with Crippen LogP contribution in [0.1, 0.15) is 13.8 Å². The standard InChI is InChI=1S/C18H19N3O2S2/c1-11(2)23-15-6-4-3-5-13(15)20-17(22)10-24-18-21-14-8-7-12(19)9-16(14)25-18/h3-9,11H,10,19H2,1-2H3,(H,20,22). The molecule has 1 heterocycles. The number of hydrogen-bond donors (Lipinski definition) is 2. The van der Waals surface area contributed by atoms with Gasteiger partial charge in [-0.25, -0.2) is 4.98 Å². The topological polar surface area (TPSA) is 77.2 Å². The highest BCUT2D eigenvalue weighted by Gasteiger charge is 2.11. The number of nitrogens with zero attached hydrogens (tertiary/aromatic N) is 1. The molecular weight excluding hydrogens is 354 g/mol. The van der Waals surface area contributed by atoms with Gasteiger partial charge in [0.05, 0.1) is 27.8 Å². The van der Waals surface area contributed by atoms with Crippen LogP contribution in [0.5, 0.6) is 5.75 Å². The van der Waals surface area contributed by atoms with Crippen molar-refractivity contribution in [3.63, 3.8) is 0 Å². The summed E-state index contributed by atoms with van der Waals surface area (Å²) in [5.74, 6) is 0.862. The molecule has 0 saturated heterocycles. The van der Waals surface area contributed by atoms with Crippen molar-refractivity contribution in [2.75, 3.05) is 16.8 Å². The predicted octanol–water partition coefficient (Wildman–Crippen LogP) is 4.40. The van der Waals surface area contributed by atoms with Crippen molar-refractivity contribution in [3.05, 3.63) is 42.5 Å². The van der Waals surface area contributed by atoms with E-state index in [0.717, 1.165) is 14.6 Å². The summed E-state index contributed by atoms with van der Waals surface area (Å²) < 4.78 is 7.59. The maximum absolute atomic E-state index is 12.3. The molecule has 130 valence electrons. The van der Waals surface area contributed by atoms with E-state index >= 15 is 0 Å². The molecule has 0 spiro atoms. The first-order valence-corrected chi connectivity index (χ1v) is 9.66. The van der Waals surface area contributed by atoms with Gasteiger partial charge in [-0.3, -0.25) is 4.79 Å². The van der Waals surface area contributed by atoms with E-state index in [9.17, 15) is 4.79 Å². The van der Waals surface area contributed by atoms with Gasteiger partial charge in [0.15, 0.2) is 4.34 Å². The molecule has 1 aromatic heterocycles. The third-order valence-electron chi connectivity index (χ3n) is 3.24. The number of thioether (sulfide) groups is 1. The van der Waals surface area contributed by atoms with E-state index in [4.69, 9.17) is 10.5 Å². The fourth-order valence-electron chi connectivity index (χ4n) is 2.22. The van der Waals surface area contributed by atoms with E-state index in [1.165, 1.54) is 23.1 Å². The SMILES string of the molecule is CC(C)Oc1ccccc1NC(=O)CSc1nc2ccc(N)cc2s1. The Kier molecular flexibility index (Phi) is 5.45. The number of thiazole rings is 1. The van der Waals surface area contributed by atoms with E-state index in [1.807, 2.05) is 56.3 Å². The lowest BCUT2D eigenvalue weighted by Gasteiger charge is -2.14. The Bertz CT molecular complexity index is 893. The van der Waals surface area contributed by atoms with Gasteiger partial charge in [-0.2, -0.15) is 0 Å². The fourth-order valence-corrected chi connectivity index (χ4v) is 4.14. The minimum atomic E-state index is -0.0939. The van der Waals surface area contributed by atoms with Gasteiger partial charge in [-0.05, 0) is 44.2 Å². The highest BCUT2D eigenvalue weighted by atomic mass is 32.2. The van der Waals surface area contributed by atoms with Crippen LogP contribution in [0.15, 0.2) is 46.8 Å². The highest BCUT2D eigenvalue weighted by Crippen LogP contribution is 2.31. The molecule has 0 atom stereocenters. The van der Waals surface area contributed by atoms with Crippen LogP contribution >= 0.6 is 23.1 Å². The number of amides is 1. The summed E-state index contributed by atoms with van der Waals surface area (Å²) in [6.07, 6.45) is 0.0441. The van der Waals surface area contributed by atoms with Crippen molar-refractivity contribution in [1.82, 2.24) is 4.98 Å². The molecule has 7 heteroatoms. The summed E-state index contributed by atoms with van der Waals surface area (Å²) >= 11 is 2.95. The number of aromatic nitrogens is 1. The molecule has 0 radical (unpaired) electrons. The van der Waals surface area contributed by atoms with Crippen molar-refractivity contribution in [1.29, 1.82) is 0 Å². The molecule has 3 N–H and O–H groups in total. The van der Waals surface area contributed by atoms with Crippen molar-refractivity contribution in [2.24, 2.45) is 0 Å². The number of rotatable bonds is 6. The zero-order chi connectivity index (χ0) is 17.8. The first-order valence-electron chi connectivity index (χ1n) is 7.85. The molecule has 0 saturated carbocycles. The number of carbonyl (C=O) groups excluding carboxylic acids is 1. The molecule has 0 bridgehead atoms. The van der Waals surface area contributed by atoms with Gasteiger partial charge in [0.2, 0.25) is 5.91 Å². The summed E-state index contributed by atoms with van der Waals surface area (Å²) in [7, 11) is 0. The van der Waals surface area contributed by atoms with Crippen LogP contribution in [0, 0.1) is 0 Å². The van der Waals surface area contributed by atoms with Gasteiger partial charge in [-0.15, -0.1) is 11.3 Å². The van der Waals surface area contributed by atoms with Crippen molar-refractivity contribution < 1.29 is 9.53 Å². The smallest absolute Gasteiger partial charge is 0.234 e. The van der Waals surface area contributed by atoms with Gasteiger partial charge < -0.3 is 15.8 Å². The lowest BCUT2D eigenvalue weighted by atomic mass is 10.3. The second-order valence-electron chi connectivity index (χ2n) is 5.71. The number of nitrogen functional groups attached to an aromatic ring is 1. The second-order valence-corrected chi connectivity index (χ2v) is 7.96. The quantitative estimate of drug-likeness (QED) is 0.495. The number of nitrogens with two attached hydrogens (primary N) is 1. The van der Waals surface area contributed by atoms with Crippen LogP contribution in [-0.2, 0) is 4.79 Å². The maximum Gasteiger partial charge on any atom is 0.234 e. The number of hydrogen-bond acceptors (Lipinski definition) is 6. The maximum atomic E-state index is 12.3. The number of fused-ring (bicyclic) bond motifs is 1. The Morgan fingerprint density at radius 3 is 2.92 bits per heavy atom. The normalized spacial score (nSPS) is 11.0. The number of anilines is 2. The lowest BCUT2D eigenvalue weighted by Crippen LogP contribution is -2.16. The third-order valence-corrected chi connectivity index (χ3v) is 5.40. The highest BCUT2D eigenvalue weighted by molar-refractivity contribution is 8.01. The van der Waals surface area contributed by atoms with Crippen molar-refractivity contribution in [2.45, 2.75) is 24.3 Å². The van der Waals surface area contributed by atoms with Crippen LogP contribution in [0.4, 0.5) is 11.4 Å². The monoisotopic (exact) mass is 373 g/mol. The number of benzene rings is 2. The molecule has 2 aromatic carbocycles. The molecule has 25 heavy (non-hydrogen) atoms. The molecule has 3 rings (SSSR count). The van der Waals surface area contributed by atoms with Gasteiger partial charge in [-0.1, -0.05) is 23.9 Å². The molecule has 0 aliphatic rings. The largest absolute Gasteiger partial charge is 0.489 e. The van der Waals surface area contributed by atoms with Crippen LogP contribution in [0.3, 0.4) is 0 Å². The van der Waals surface area contributed by atoms with Crippen molar-refractivity contribution >= 4 is 50.6 Å². The number of ether oxygens (including phenoxy) is 1. The van der Waals surface area contributed by atoms with Gasteiger partial charge in [0.1, 0.15) is 5.75 Å². The first kappa shape index (κ1) is 17.6. The van der Waals surface area contributed by atoms with E-state index in [2.05, 4.69) is 10.3 Å². The Hall–Kier alpha value is -2.25. The molecule has 0 aliphatic heterocycles. The van der Waals surface area contributed by atoms with E-state index in [1.54, 1.807) is 0 Å². The lowest BCUT2D eigenvalue weighted by molar-refractivity contribution is -0.113. The Morgan fingerprint density at radius 2 is 2.12 bits per heavy atom. The second kappa shape index (κ2) is 7.76. The number of para-hydroxylation sites is 2. The predicted molar refractivity (Wildman–Crippen MR) is 106 cm³/mol. The summed E-state index contributed by atoms with van der Waals surface area (Å²) in [6.45, 7) is 3.91. The van der Waals surface area contributed by atoms with Gasteiger partial charge >= 0.3 is 0 Å². The molecule has 0 unspecified atom stereocenters. The molecular formula is C18H19N3O2S2. The molecule has 1 amide bonds. The minimum absolute atomic E-state index is 0.0441.